The number of carbonyl (C=O) groups is 1. The maximum absolute atomic E-state index is 12.5. The normalized spacial score (nSPS) is 25.2. The maximum atomic E-state index is 12.5. The van der Waals surface area contributed by atoms with Crippen molar-refractivity contribution in [1.82, 2.24) is 15.1 Å². The maximum Gasteiger partial charge on any atom is 0.272 e. The number of aromatic amines is 1. The van der Waals surface area contributed by atoms with Gasteiger partial charge in [0.1, 0.15) is 5.69 Å². The Morgan fingerprint density at radius 1 is 1.44 bits per heavy atom. The number of carbonyl (C=O) groups excluding carboxylic acids is 1. The van der Waals surface area contributed by atoms with Crippen LogP contribution in [0.25, 0.3) is 0 Å². The fraction of sp³-hybridized carbons (Fsp3) is 0.714. The topological polar surface area (TPSA) is 49.0 Å². The smallest absolute Gasteiger partial charge is 0.272 e. The van der Waals surface area contributed by atoms with Crippen molar-refractivity contribution < 1.29 is 4.79 Å². The lowest BCUT2D eigenvalue weighted by atomic mass is 9.95. The molecule has 1 aromatic rings. The molecule has 1 saturated heterocycles. The van der Waals surface area contributed by atoms with Gasteiger partial charge in [-0.25, -0.2) is 0 Å². The van der Waals surface area contributed by atoms with Crippen molar-refractivity contribution in [2.24, 2.45) is 11.8 Å². The van der Waals surface area contributed by atoms with Gasteiger partial charge in [0.05, 0.1) is 0 Å². The van der Waals surface area contributed by atoms with Crippen LogP contribution in [0.3, 0.4) is 0 Å². The van der Waals surface area contributed by atoms with E-state index in [-0.39, 0.29) is 5.91 Å². The van der Waals surface area contributed by atoms with E-state index >= 15 is 0 Å². The summed E-state index contributed by atoms with van der Waals surface area (Å²) in [5.41, 5.74) is 0.607. The highest BCUT2D eigenvalue weighted by atomic mass is 16.2. The zero-order chi connectivity index (χ0) is 13.1. The summed E-state index contributed by atoms with van der Waals surface area (Å²) in [7, 11) is 0. The number of aromatic nitrogens is 2. The number of amides is 1. The van der Waals surface area contributed by atoms with E-state index < -0.39 is 0 Å². The van der Waals surface area contributed by atoms with E-state index in [2.05, 4.69) is 31.0 Å². The number of rotatable bonds is 2. The van der Waals surface area contributed by atoms with Gasteiger partial charge in [0.2, 0.25) is 0 Å². The van der Waals surface area contributed by atoms with Crippen LogP contribution in [0.15, 0.2) is 12.3 Å². The summed E-state index contributed by atoms with van der Waals surface area (Å²) in [6.07, 6.45) is 5.06. The van der Waals surface area contributed by atoms with Gasteiger partial charge in [-0.1, -0.05) is 20.8 Å². The van der Waals surface area contributed by atoms with E-state index in [1.165, 1.54) is 6.42 Å². The molecule has 2 heterocycles. The number of hydrogen-bond donors (Lipinski definition) is 1. The van der Waals surface area contributed by atoms with Crippen molar-refractivity contribution in [3.8, 4) is 0 Å². The van der Waals surface area contributed by atoms with Gasteiger partial charge in [0, 0.05) is 18.8 Å². The molecule has 1 aliphatic heterocycles. The monoisotopic (exact) mass is 249 g/mol. The molecule has 0 bridgehead atoms. The molecule has 1 aromatic heterocycles. The second-order valence-corrected chi connectivity index (χ2v) is 5.75. The molecule has 2 atom stereocenters. The Morgan fingerprint density at radius 3 is 2.83 bits per heavy atom. The summed E-state index contributed by atoms with van der Waals surface area (Å²) in [5.74, 6) is 1.31. The lowest BCUT2D eigenvalue weighted by molar-refractivity contribution is 0.0625. The van der Waals surface area contributed by atoms with E-state index in [9.17, 15) is 4.79 Å². The van der Waals surface area contributed by atoms with Crippen LogP contribution >= 0.6 is 0 Å². The molecule has 4 heteroatoms. The van der Waals surface area contributed by atoms with Crippen LogP contribution in [0.5, 0.6) is 0 Å². The molecule has 0 radical (unpaired) electrons. The molecular weight excluding hydrogens is 226 g/mol. The Morgan fingerprint density at radius 2 is 2.22 bits per heavy atom. The van der Waals surface area contributed by atoms with Crippen LogP contribution < -0.4 is 0 Å². The zero-order valence-corrected chi connectivity index (χ0v) is 11.5. The Hall–Kier alpha value is -1.32. The Balaban J connectivity index is 2.18. The van der Waals surface area contributed by atoms with Crippen molar-refractivity contribution in [2.75, 3.05) is 6.54 Å². The molecule has 1 amide bonds. The van der Waals surface area contributed by atoms with E-state index in [4.69, 9.17) is 0 Å². The van der Waals surface area contributed by atoms with Crippen LogP contribution in [-0.2, 0) is 0 Å². The number of hydrogen-bond acceptors (Lipinski definition) is 2. The number of nitrogens with one attached hydrogen (secondary N) is 1. The first-order valence-corrected chi connectivity index (χ1v) is 6.90. The lowest BCUT2D eigenvalue weighted by Crippen LogP contribution is -2.43. The minimum Gasteiger partial charge on any atom is -0.334 e. The van der Waals surface area contributed by atoms with Crippen molar-refractivity contribution in [3.05, 3.63) is 18.0 Å². The van der Waals surface area contributed by atoms with Gasteiger partial charge in [-0.05, 0) is 37.2 Å². The van der Waals surface area contributed by atoms with Gasteiger partial charge in [-0.15, -0.1) is 0 Å². The zero-order valence-electron chi connectivity index (χ0n) is 11.5. The largest absolute Gasteiger partial charge is 0.334 e. The third kappa shape index (κ3) is 2.74. The summed E-state index contributed by atoms with van der Waals surface area (Å²) in [5, 5.41) is 6.66. The lowest BCUT2D eigenvalue weighted by Gasteiger charge is -2.32. The highest BCUT2D eigenvalue weighted by Gasteiger charge is 2.30. The van der Waals surface area contributed by atoms with E-state index in [1.54, 1.807) is 12.3 Å². The van der Waals surface area contributed by atoms with Crippen molar-refractivity contribution in [1.29, 1.82) is 0 Å². The standard InChI is InChI=1S/C14H23N3O/c1-10(2)13-5-4-11(3)7-9-17(13)14(18)12-6-8-15-16-12/h6,8,10-11,13H,4-5,7,9H2,1-3H3,(H,15,16)/t11-,13+/m0/s1. The van der Waals surface area contributed by atoms with Gasteiger partial charge in [0.25, 0.3) is 5.91 Å². The van der Waals surface area contributed by atoms with E-state index in [1.807, 2.05) is 4.90 Å². The summed E-state index contributed by atoms with van der Waals surface area (Å²) in [6.45, 7) is 7.55. The Bertz CT molecular complexity index is 386. The number of likely N-dealkylation sites (tertiary alicyclic amines) is 1. The molecule has 18 heavy (non-hydrogen) atoms. The molecule has 2 rings (SSSR count). The first-order valence-electron chi connectivity index (χ1n) is 6.90. The van der Waals surface area contributed by atoms with Gasteiger partial charge in [0.15, 0.2) is 0 Å². The Kier molecular flexibility index (Phi) is 4.04. The fourth-order valence-corrected chi connectivity index (χ4v) is 2.76. The van der Waals surface area contributed by atoms with Gasteiger partial charge in [-0.3, -0.25) is 9.89 Å². The van der Waals surface area contributed by atoms with Crippen LogP contribution in [0.1, 0.15) is 50.5 Å². The molecule has 1 aliphatic rings. The van der Waals surface area contributed by atoms with Crippen molar-refractivity contribution in [3.63, 3.8) is 0 Å². The summed E-state index contributed by atoms with van der Waals surface area (Å²) in [6, 6.07) is 2.11. The highest BCUT2D eigenvalue weighted by Crippen LogP contribution is 2.26. The van der Waals surface area contributed by atoms with Crippen molar-refractivity contribution in [2.45, 2.75) is 46.1 Å². The molecule has 0 saturated carbocycles. The molecule has 4 nitrogen and oxygen atoms in total. The first-order chi connectivity index (χ1) is 8.59. The average Bonchev–Trinajstić information content (AvgIpc) is 2.78. The SMILES string of the molecule is CC(C)[C@H]1CC[C@H](C)CCN1C(=O)c1ccn[nH]1. The number of nitrogens with zero attached hydrogens (tertiary/aromatic N) is 2. The van der Waals surface area contributed by atoms with Gasteiger partial charge >= 0.3 is 0 Å². The molecule has 0 aliphatic carbocycles. The van der Waals surface area contributed by atoms with Crippen LogP contribution in [0, 0.1) is 11.8 Å². The molecule has 100 valence electrons. The average molecular weight is 249 g/mol. The molecule has 0 unspecified atom stereocenters. The molecule has 1 fully saturated rings. The van der Waals surface area contributed by atoms with Crippen molar-refractivity contribution >= 4 is 5.91 Å². The minimum absolute atomic E-state index is 0.0975. The number of H-pyrrole nitrogens is 1. The molecule has 1 N–H and O–H groups in total. The third-order valence-corrected chi connectivity index (χ3v) is 3.98. The summed E-state index contributed by atoms with van der Waals surface area (Å²) in [4.78, 5) is 14.5. The predicted molar refractivity (Wildman–Crippen MR) is 71.3 cm³/mol. The summed E-state index contributed by atoms with van der Waals surface area (Å²) < 4.78 is 0. The molecule has 0 spiro atoms. The third-order valence-electron chi connectivity index (χ3n) is 3.98. The Labute approximate surface area is 109 Å². The quantitative estimate of drug-likeness (QED) is 0.876. The van der Waals surface area contributed by atoms with Gasteiger partial charge < -0.3 is 4.90 Å². The van der Waals surface area contributed by atoms with E-state index in [0.29, 0.717) is 23.6 Å². The van der Waals surface area contributed by atoms with E-state index in [0.717, 1.165) is 19.4 Å². The fourth-order valence-electron chi connectivity index (χ4n) is 2.76. The van der Waals surface area contributed by atoms with Crippen LogP contribution in [0.4, 0.5) is 0 Å². The van der Waals surface area contributed by atoms with Crippen LogP contribution in [0.2, 0.25) is 0 Å². The molecule has 0 aromatic carbocycles. The van der Waals surface area contributed by atoms with Gasteiger partial charge in [-0.2, -0.15) is 5.10 Å². The first kappa shape index (κ1) is 13.1. The predicted octanol–water partition coefficient (Wildman–Crippen LogP) is 2.70. The highest BCUT2D eigenvalue weighted by molar-refractivity contribution is 5.92. The second-order valence-electron chi connectivity index (χ2n) is 5.75. The summed E-state index contributed by atoms with van der Waals surface area (Å²) >= 11 is 0. The second kappa shape index (κ2) is 5.55. The molecular formula is C14H23N3O. The minimum atomic E-state index is 0.0975. The van der Waals surface area contributed by atoms with Crippen LogP contribution in [-0.4, -0.2) is 33.6 Å².